The van der Waals surface area contributed by atoms with Crippen molar-refractivity contribution in [3.63, 3.8) is 0 Å². The van der Waals surface area contributed by atoms with Gasteiger partial charge in [-0.3, -0.25) is 14.4 Å². The molecule has 0 amide bonds. The van der Waals surface area contributed by atoms with Crippen LogP contribution in [0, 0.1) is 0 Å². The predicted octanol–water partition coefficient (Wildman–Crippen LogP) is 17.4. The van der Waals surface area contributed by atoms with Crippen molar-refractivity contribution in [3.8, 4) is 0 Å². The fourth-order valence-corrected chi connectivity index (χ4v) is 7.11. The molecule has 64 heavy (non-hydrogen) atoms. The van der Waals surface area contributed by atoms with Gasteiger partial charge in [0, 0.05) is 19.3 Å². The van der Waals surface area contributed by atoms with Crippen LogP contribution in [0.5, 0.6) is 0 Å². The van der Waals surface area contributed by atoms with Gasteiger partial charge in [-0.25, -0.2) is 0 Å². The van der Waals surface area contributed by atoms with Gasteiger partial charge < -0.3 is 14.2 Å². The Balaban J connectivity index is 4.47. The zero-order chi connectivity index (χ0) is 46.5. The quantitative estimate of drug-likeness (QED) is 0.0262. The zero-order valence-corrected chi connectivity index (χ0v) is 41.5. The molecule has 6 nitrogen and oxygen atoms in total. The Morgan fingerprint density at radius 1 is 0.328 bits per heavy atom. The maximum absolute atomic E-state index is 12.8. The lowest BCUT2D eigenvalue weighted by Crippen LogP contribution is -2.30. The van der Waals surface area contributed by atoms with E-state index in [1.54, 1.807) is 0 Å². The van der Waals surface area contributed by atoms with Crippen LogP contribution >= 0.6 is 0 Å². The Kier molecular flexibility index (Phi) is 49.0. The van der Waals surface area contributed by atoms with Gasteiger partial charge in [0.15, 0.2) is 6.10 Å². The summed E-state index contributed by atoms with van der Waals surface area (Å²) in [6, 6.07) is 0. The largest absolute Gasteiger partial charge is 0.462 e. The van der Waals surface area contributed by atoms with Gasteiger partial charge in [0.05, 0.1) is 0 Å². The minimum Gasteiger partial charge on any atom is -0.462 e. The van der Waals surface area contributed by atoms with Crippen molar-refractivity contribution in [2.24, 2.45) is 0 Å². The van der Waals surface area contributed by atoms with Crippen LogP contribution in [0.3, 0.4) is 0 Å². The standard InChI is InChI=1S/C58H96O6/c1-4-7-10-13-16-19-22-25-28-31-33-36-39-42-45-48-51-57(60)63-54-55(64-58(61)52-49-46-43-40-37-34-30-27-24-21-18-15-12-9-6-3)53-62-56(59)50-47-44-41-38-35-32-29-26-23-20-17-14-11-8-5-2/h8-9,11-12,14-15,17-18,20-21,23-24,27,30,34,37,55H,4-7,10,13,16,19,22,25-26,28-29,31-33,35-36,38-54H2,1-3H3/b11-8-,12-9-,17-14-,18-15-,23-20-,24-21-,30-27-,37-34-. The number of hydrogen-bond acceptors (Lipinski definition) is 6. The Morgan fingerprint density at radius 3 is 0.969 bits per heavy atom. The van der Waals surface area contributed by atoms with Crippen molar-refractivity contribution in [1.29, 1.82) is 0 Å². The van der Waals surface area contributed by atoms with Crippen molar-refractivity contribution in [1.82, 2.24) is 0 Å². The summed E-state index contributed by atoms with van der Waals surface area (Å²) in [5, 5.41) is 0. The molecule has 1 unspecified atom stereocenters. The summed E-state index contributed by atoms with van der Waals surface area (Å²) < 4.78 is 16.8. The number of carbonyl (C=O) groups excluding carboxylic acids is 3. The highest BCUT2D eigenvalue weighted by atomic mass is 16.6. The monoisotopic (exact) mass is 889 g/mol. The van der Waals surface area contributed by atoms with E-state index in [2.05, 4.69) is 69.4 Å². The average Bonchev–Trinajstić information content (AvgIpc) is 3.29. The third-order valence-electron chi connectivity index (χ3n) is 11.0. The van der Waals surface area contributed by atoms with E-state index in [0.717, 1.165) is 77.0 Å². The first-order valence-corrected chi connectivity index (χ1v) is 26.3. The minimum absolute atomic E-state index is 0.0980. The fourth-order valence-electron chi connectivity index (χ4n) is 7.11. The molecule has 0 aliphatic rings. The van der Waals surface area contributed by atoms with Crippen molar-refractivity contribution >= 4 is 17.9 Å². The van der Waals surface area contributed by atoms with Crippen LogP contribution in [0.1, 0.15) is 233 Å². The lowest BCUT2D eigenvalue weighted by Gasteiger charge is -2.18. The number of hydrogen-bond donors (Lipinski definition) is 0. The van der Waals surface area contributed by atoms with Crippen LogP contribution in [0.25, 0.3) is 0 Å². The van der Waals surface area contributed by atoms with E-state index < -0.39 is 6.10 Å². The molecule has 0 spiro atoms. The maximum Gasteiger partial charge on any atom is 0.306 e. The molecular formula is C58H96O6. The SMILES string of the molecule is CC\C=C/C=C\C=C/C=C\C=C/CCCCCC(=O)OC(COC(=O)CCCCCCCCC\C=C/C=C\C=C/CC)COC(=O)CCCCCCCCCCCCCCCCCC. The van der Waals surface area contributed by atoms with Crippen molar-refractivity contribution < 1.29 is 28.6 Å². The van der Waals surface area contributed by atoms with Gasteiger partial charge in [-0.2, -0.15) is 0 Å². The molecule has 0 saturated heterocycles. The molecule has 0 rings (SSSR count). The van der Waals surface area contributed by atoms with Crippen LogP contribution in [-0.2, 0) is 28.6 Å². The summed E-state index contributed by atoms with van der Waals surface area (Å²) in [5.41, 5.74) is 0. The molecule has 0 bridgehead atoms. The summed E-state index contributed by atoms with van der Waals surface area (Å²) in [7, 11) is 0. The number of allylic oxidation sites excluding steroid dienone is 16. The van der Waals surface area contributed by atoms with Crippen molar-refractivity contribution in [2.75, 3.05) is 13.2 Å². The van der Waals surface area contributed by atoms with E-state index in [1.807, 2.05) is 48.6 Å². The third kappa shape index (κ3) is 49.3. The Morgan fingerprint density at radius 2 is 0.609 bits per heavy atom. The second-order valence-corrected chi connectivity index (χ2v) is 17.2. The smallest absolute Gasteiger partial charge is 0.306 e. The molecule has 0 aromatic rings. The first-order chi connectivity index (χ1) is 31.5. The minimum atomic E-state index is -0.804. The Labute approximate surface area is 394 Å². The molecule has 0 N–H and O–H groups in total. The second kappa shape index (κ2) is 52.0. The van der Waals surface area contributed by atoms with Gasteiger partial charge in [0.25, 0.3) is 0 Å². The van der Waals surface area contributed by atoms with Crippen LogP contribution in [-0.4, -0.2) is 37.2 Å². The highest BCUT2D eigenvalue weighted by molar-refractivity contribution is 5.71. The molecule has 0 aromatic carbocycles. The predicted molar refractivity (Wildman–Crippen MR) is 274 cm³/mol. The van der Waals surface area contributed by atoms with E-state index >= 15 is 0 Å². The summed E-state index contributed by atoms with van der Waals surface area (Å²) in [4.78, 5) is 38.0. The average molecular weight is 889 g/mol. The summed E-state index contributed by atoms with van der Waals surface area (Å²) >= 11 is 0. The van der Waals surface area contributed by atoms with E-state index in [1.165, 1.54) is 109 Å². The summed E-state index contributed by atoms with van der Waals surface area (Å²) in [6.07, 6.45) is 68.2. The van der Waals surface area contributed by atoms with Crippen LogP contribution < -0.4 is 0 Å². The Bertz CT molecular complexity index is 1300. The molecule has 1 atom stereocenters. The lowest BCUT2D eigenvalue weighted by atomic mass is 10.0. The molecular weight excluding hydrogens is 793 g/mol. The van der Waals surface area contributed by atoms with Gasteiger partial charge in [-0.05, 0) is 57.8 Å². The van der Waals surface area contributed by atoms with Gasteiger partial charge in [0.1, 0.15) is 13.2 Å². The Hall–Kier alpha value is -3.67. The summed E-state index contributed by atoms with van der Waals surface area (Å²) in [5.74, 6) is -0.952. The molecule has 0 saturated carbocycles. The van der Waals surface area contributed by atoms with Crippen molar-refractivity contribution in [2.45, 2.75) is 239 Å². The molecule has 0 fully saturated rings. The molecule has 0 aliphatic carbocycles. The van der Waals surface area contributed by atoms with Gasteiger partial charge in [0.2, 0.25) is 0 Å². The van der Waals surface area contributed by atoms with Gasteiger partial charge in [-0.15, -0.1) is 0 Å². The number of carbonyl (C=O) groups is 3. The van der Waals surface area contributed by atoms with E-state index in [9.17, 15) is 14.4 Å². The molecule has 364 valence electrons. The molecule has 6 heteroatoms. The normalized spacial score (nSPS) is 12.9. The first-order valence-electron chi connectivity index (χ1n) is 26.3. The van der Waals surface area contributed by atoms with E-state index in [-0.39, 0.29) is 37.5 Å². The zero-order valence-electron chi connectivity index (χ0n) is 41.5. The maximum atomic E-state index is 12.8. The number of ether oxygens (including phenoxy) is 3. The topological polar surface area (TPSA) is 78.9 Å². The number of rotatable bonds is 46. The molecule has 0 aromatic heterocycles. The molecule has 0 heterocycles. The van der Waals surface area contributed by atoms with E-state index in [4.69, 9.17) is 14.2 Å². The van der Waals surface area contributed by atoms with Crippen LogP contribution in [0.2, 0.25) is 0 Å². The first kappa shape index (κ1) is 60.3. The van der Waals surface area contributed by atoms with Crippen LogP contribution in [0.15, 0.2) is 97.2 Å². The number of unbranched alkanes of at least 4 members (excludes halogenated alkanes) is 25. The lowest BCUT2D eigenvalue weighted by molar-refractivity contribution is -0.167. The third-order valence-corrected chi connectivity index (χ3v) is 11.0. The molecule has 0 radical (unpaired) electrons. The van der Waals surface area contributed by atoms with Crippen molar-refractivity contribution in [3.05, 3.63) is 97.2 Å². The fraction of sp³-hybridized carbons (Fsp3) is 0.672. The van der Waals surface area contributed by atoms with Gasteiger partial charge in [-0.1, -0.05) is 253 Å². The van der Waals surface area contributed by atoms with Gasteiger partial charge >= 0.3 is 17.9 Å². The summed E-state index contributed by atoms with van der Waals surface area (Å²) in [6.45, 7) is 6.32. The highest BCUT2D eigenvalue weighted by Gasteiger charge is 2.19. The molecule has 0 aliphatic heterocycles. The van der Waals surface area contributed by atoms with Crippen LogP contribution in [0.4, 0.5) is 0 Å². The second-order valence-electron chi connectivity index (χ2n) is 17.2. The number of esters is 3. The highest BCUT2D eigenvalue weighted by Crippen LogP contribution is 2.15. The van der Waals surface area contributed by atoms with E-state index in [0.29, 0.717) is 19.3 Å².